The third-order valence-corrected chi connectivity index (χ3v) is 1.90. The van der Waals surface area contributed by atoms with E-state index in [0.29, 0.717) is 0 Å². The summed E-state index contributed by atoms with van der Waals surface area (Å²) in [5, 5.41) is 2.64. The maximum absolute atomic E-state index is 2.20. The van der Waals surface area contributed by atoms with Gasteiger partial charge in [-0.15, -0.1) is 0 Å². The van der Waals surface area contributed by atoms with E-state index in [2.05, 4.69) is 51.0 Å². The van der Waals surface area contributed by atoms with E-state index < -0.39 is 0 Å². The van der Waals surface area contributed by atoms with Gasteiger partial charge in [-0.25, -0.2) is 0 Å². The molecular formula is C9H8B2. The van der Waals surface area contributed by atoms with E-state index in [1.165, 1.54) is 16.0 Å². The van der Waals surface area contributed by atoms with Crippen LogP contribution in [0, 0.1) is 6.92 Å². The number of hydrogen-bond donors (Lipinski definition) is 0. The fourth-order valence-corrected chi connectivity index (χ4v) is 1.31. The van der Waals surface area contributed by atoms with Crippen LogP contribution in [-0.4, -0.2) is 13.8 Å². The van der Waals surface area contributed by atoms with Crippen molar-refractivity contribution in [1.82, 2.24) is 0 Å². The summed E-state index contributed by atoms with van der Waals surface area (Å²) in [7, 11) is 0. The Bertz CT molecular complexity index is 382. The number of rotatable bonds is 0. The summed E-state index contributed by atoms with van der Waals surface area (Å²) >= 11 is 0. The Labute approximate surface area is 67.7 Å². The Morgan fingerprint density at radius 2 is 1.82 bits per heavy atom. The Hall–Kier alpha value is -0.910. The van der Waals surface area contributed by atoms with Gasteiger partial charge in [0.2, 0.25) is 0 Å². The van der Waals surface area contributed by atoms with Gasteiger partial charge in [-0.05, 0) is 0 Å². The van der Waals surface area contributed by atoms with Gasteiger partial charge in [0, 0.05) is 0 Å². The van der Waals surface area contributed by atoms with Crippen molar-refractivity contribution >= 4 is 24.4 Å². The van der Waals surface area contributed by atoms with Crippen LogP contribution in [0.4, 0.5) is 0 Å². The van der Waals surface area contributed by atoms with E-state index in [0.717, 1.165) is 0 Å². The van der Waals surface area contributed by atoms with Crippen LogP contribution in [0.1, 0.15) is 5.46 Å². The molecule has 0 bridgehead atoms. The Kier molecular flexibility index (Phi) is 1.61. The third kappa shape index (κ3) is 1.25. The van der Waals surface area contributed by atoms with Crippen molar-refractivity contribution in [3.05, 3.63) is 35.7 Å². The SMILES string of the molecule is Cc1bc2ccccc2bc1. The van der Waals surface area contributed by atoms with E-state index >= 15 is 0 Å². The molecule has 0 amide bonds. The fourth-order valence-electron chi connectivity index (χ4n) is 1.31. The Morgan fingerprint density at radius 1 is 1.09 bits per heavy atom. The number of hydrogen-bond acceptors (Lipinski definition) is 0. The quantitative estimate of drug-likeness (QED) is 0.520. The summed E-state index contributed by atoms with van der Waals surface area (Å²) in [5.74, 6) is 2.14. The molecule has 50 valence electrons. The predicted molar refractivity (Wildman–Crippen MR) is 51.4 cm³/mol. The van der Waals surface area contributed by atoms with Gasteiger partial charge in [0.1, 0.15) is 0 Å². The number of fused-ring (bicyclic) bond motifs is 1. The van der Waals surface area contributed by atoms with Gasteiger partial charge >= 0.3 is 67.0 Å². The van der Waals surface area contributed by atoms with Crippen molar-refractivity contribution in [2.75, 3.05) is 0 Å². The van der Waals surface area contributed by atoms with Crippen LogP contribution < -0.4 is 0 Å². The molecule has 11 heavy (non-hydrogen) atoms. The van der Waals surface area contributed by atoms with E-state index in [1.807, 2.05) is 0 Å². The summed E-state index contributed by atoms with van der Waals surface area (Å²) in [5.41, 5.74) is 1.32. The molecule has 0 unspecified atom stereocenters. The first-order chi connectivity index (χ1) is 5.36. The molecule has 0 aliphatic heterocycles. The van der Waals surface area contributed by atoms with E-state index in [-0.39, 0.29) is 0 Å². The first-order valence-corrected chi connectivity index (χ1v) is 3.82. The predicted octanol–water partition coefficient (Wildman–Crippen LogP) is 1.82. The first-order valence-electron chi connectivity index (χ1n) is 3.82. The summed E-state index contributed by atoms with van der Waals surface area (Å²) in [4.78, 5) is 0. The normalized spacial score (nSPS) is 9.55. The summed E-state index contributed by atoms with van der Waals surface area (Å²) in [6, 6.07) is 8.41. The molecule has 2 heteroatoms. The van der Waals surface area contributed by atoms with Crippen LogP contribution >= 0.6 is 0 Å². The fraction of sp³-hybridized carbons (Fsp3) is 0.111. The molecule has 0 spiro atoms. The molecule has 0 fully saturated rings. The zero-order valence-electron chi connectivity index (χ0n) is 6.54. The van der Waals surface area contributed by atoms with Crippen LogP contribution in [0.15, 0.2) is 30.2 Å². The number of benzene rings is 1. The topological polar surface area (TPSA) is 0 Å². The molecule has 2 aromatic rings. The molecule has 1 heterocycles. The average Bonchev–Trinajstić information content (AvgIpc) is 2.04. The standard InChI is InChI=1S/C9H8B2/c1-7-6-10-8-4-2-3-5-9(8)11-7/h2-6H,1H3. The van der Waals surface area contributed by atoms with Gasteiger partial charge in [-0.3, -0.25) is 0 Å². The zero-order valence-corrected chi connectivity index (χ0v) is 6.54. The Morgan fingerprint density at radius 3 is 2.64 bits per heavy atom. The van der Waals surface area contributed by atoms with Crippen molar-refractivity contribution in [3.63, 3.8) is 0 Å². The van der Waals surface area contributed by atoms with E-state index in [1.54, 1.807) is 0 Å². The van der Waals surface area contributed by atoms with Crippen LogP contribution in [0.3, 0.4) is 0 Å². The first kappa shape index (κ1) is 6.78. The molecule has 0 atom stereocenters. The second-order valence-electron chi connectivity index (χ2n) is 2.85. The van der Waals surface area contributed by atoms with Crippen molar-refractivity contribution in [3.8, 4) is 0 Å². The van der Waals surface area contributed by atoms with Crippen LogP contribution in [0.5, 0.6) is 0 Å². The Balaban J connectivity index is 2.83. The van der Waals surface area contributed by atoms with Gasteiger partial charge in [-0.2, -0.15) is 0 Å². The summed E-state index contributed by atoms with van der Waals surface area (Å²) in [6.45, 7) is 6.48. The molecule has 0 N–H and O–H groups in total. The minimum absolute atomic E-state index is 1.32. The molecule has 0 radical (unpaired) electrons. The van der Waals surface area contributed by atoms with Crippen LogP contribution in [0.25, 0.3) is 10.6 Å². The maximum atomic E-state index is 2.20. The molecule has 1 aromatic carbocycles. The van der Waals surface area contributed by atoms with Crippen LogP contribution in [-0.2, 0) is 0 Å². The van der Waals surface area contributed by atoms with Gasteiger partial charge in [0.15, 0.2) is 0 Å². The van der Waals surface area contributed by atoms with Crippen molar-refractivity contribution in [1.29, 1.82) is 0 Å². The van der Waals surface area contributed by atoms with E-state index in [9.17, 15) is 0 Å². The molecule has 0 aliphatic carbocycles. The van der Waals surface area contributed by atoms with Crippen LogP contribution in [0.2, 0.25) is 0 Å². The van der Waals surface area contributed by atoms with Gasteiger partial charge in [0.25, 0.3) is 0 Å². The molecular weight excluding hydrogens is 130 g/mol. The van der Waals surface area contributed by atoms with Crippen molar-refractivity contribution in [2.24, 2.45) is 0 Å². The second kappa shape index (κ2) is 2.61. The molecule has 1 aromatic heterocycles. The minimum atomic E-state index is 1.32. The average molecular weight is 138 g/mol. The third-order valence-electron chi connectivity index (χ3n) is 1.90. The van der Waals surface area contributed by atoms with Crippen molar-refractivity contribution < 1.29 is 0 Å². The molecule has 0 saturated heterocycles. The molecule has 0 aliphatic rings. The second-order valence-corrected chi connectivity index (χ2v) is 2.85. The molecule has 2 rings (SSSR count). The van der Waals surface area contributed by atoms with Gasteiger partial charge in [-0.1, -0.05) is 0 Å². The molecule has 0 saturated carbocycles. The van der Waals surface area contributed by atoms with E-state index in [4.69, 9.17) is 0 Å². The zero-order chi connectivity index (χ0) is 7.68. The number of aryl methyl sites for hydroxylation is 1. The molecule has 0 nitrogen and oxygen atoms in total. The van der Waals surface area contributed by atoms with Gasteiger partial charge < -0.3 is 0 Å². The summed E-state index contributed by atoms with van der Waals surface area (Å²) in [6.07, 6.45) is 0. The van der Waals surface area contributed by atoms with Gasteiger partial charge in [0.05, 0.1) is 0 Å². The monoisotopic (exact) mass is 138 g/mol. The summed E-state index contributed by atoms with van der Waals surface area (Å²) < 4.78 is 0. The van der Waals surface area contributed by atoms with Crippen molar-refractivity contribution in [2.45, 2.75) is 6.92 Å².